The molecule has 18 heavy (non-hydrogen) atoms. The van der Waals surface area contributed by atoms with Crippen LogP contribution in [-0.2, 0) is 4.79 Å². The van der Waals surface area contributed by atoms with Crippen LogP contribution in [0.25, 0.3) is 0 Å². The second-order valence-corrected chi connectivity index (χ2v) is 6.27. The number of carbonyl (C=O) groups excluding carboxylic acids is 2. The van der Waals surface area contributed by atoms with Crippen LogP contribution in [0.3, 0.4) is 0 Å². The van der Waals surface area contributed by atoms with Crippen LogP contribution >= 0.6 is 11.8 Å². The topological polar surface area (TPSA) is 58.2 Å². The Morgan fingerprint density at radius 2 is 2.11 bits per heavy atom. The Hall–Kier alpha value is -1.49. The standard InChI is InChI=1S/C13H16N2O2S/c1-13(2,3)15-12(17)8-4-5-10-9(6-8)14-11(16)7-18-10/h4-6H,7H2,1-3H3,(H,14,16)(H,15,17). The van der Waals surface area contributed by atoms with Crippen LogP contribution in [-0.4, -0.2) is 23.1 Å². The van der Waals surface area contributed by atoms with E-state index >= 15 is 0 Å². The highest BCUT2D eigenvalue weighted by Crippen LogP contribution is 2.31. The highest BCUT2D eigenvalue weighted by atomic mass is 32.2. The van der Waals surface area contributed by atoms with Gasteiger partial charge in [0.1, 0.15) is 0 Å². The van der Waals surface area contributed by atoms with Crippen LogP contribution in [0.5, 0.6) is 0 Å². The molecule has 0 saturated carbocycles. The van der Waals surface area contributed by atoms with Crippen molar-refractivity contribution in [3.8, 4) is 0 Å². The van der Waals surface area contributed by atoms with Gasteiger partial charge in [0.05, 0.1) is 11.4 Å². The third-order valence-electron chi connectivity index (χ3n) is 2.36. The van der Waals surface area contributed by atoms with Gasteiger partial charge in [-0.2, -0.15) is 0 Å². The average molecular weight is 264 g/mol. The predicted octanol–water partition coefficient (Wildman–Crippen LogP) is 2.26. The molecule has 2 N–H and O–H groups in total. The van der Waals surface area contributed by atoms with Crippen LogP contribution in [0.4, 0.5) is 5.69 Å². The summed E-state index contributed by atoms with van der Waals surface area (Å²) in [5, 5.41) is 5.67. The number of anilines is 1. The normalized spacial score (nSPS) is 14.7. The monoisotopic (exact) mass is 264 g/mol. The van der Waals surface area contributed by atoms with E-state index in [1.807, 2.05) is 26.8 Å². The minimum atomic E-state index is -0.273. The zero-order valence-corrected chi connectivity index (χ0v) is 11.5. The molecular formula is C13H16N2O2S. The lowest BCUT2D eigenvalue weighted by Gasteiger charge is -2.21. The summed E-state index contributed by atoms with van der Waals surface area (Å²) in [4.78, 5) is 24.3. The fourth-order valence-corrected chi connectivity index (χ4v) is 2.43. The first kappa shape index (κ1) is 13.0. The van der Waals surface area contributed by atoms with Crippen molar-refractivity contribution in [2.75, 3.05) is 11.1 Å². The summed E-state index contributed by atoms with van der Waals surface area (Å²) < 4.78 is 0. The molecule has 0 aliphatic carbocycles. The highest BCUT2D eigenvalue weighted by molar-refractivity contribution is 8.00. The molecule has 1 aliphatic heterocycles. The fraction of sp³-hybridized carbons (Fsp3) is 0.385. The van der Waals surface area contributed by atoms with Gasteiger partial charge in [0.2, 0.25) is 5.91 Å². The van der Waals surface area contributed by atoms with E-state index in [0.717, 1.165) is 10.6 Å². The van der Waals surface area contributed by atoms with Gasteiger partial charge >= 0.3 is 0 Å². The molecule has 96 valence electrons. The average Bonchev–Trinajstić information content (AvgIpc) is 2.25. The molecule has 0 aromatic heterocycles. The summed E-state index contributed by atoms with van der Waals surface area (Å²) >= 11 is 1.49. The quantitative estimate of drug-likeness (QED) is 0.818. The van der Waals surface area contributed by atoms with E-state index in [1.165, 1.54) is 11.8 Å². The van der Waals surface area contributed by atoms with Crippen molar-refractivity contribution < 1.29 is 9.59 Å². The second-order valence-electron chi connectivity index (χ2n) is 5.25. The fourth-order valence-electron chi connectivity index (χ4n) is 1.64. The summed E-state index contributed by atoms with van der Waals surface area (Å²) in [7, 11) is 0. The Morgan fingerprint density at radius 1 is 1.39 bits per heavy atom. The van der Waals surface area contributed by atoms with Gasteiger partial charge in [-0.05, 0) is 39.0 Å². The lowest BCUT2D eigenvalue weighted by atomic mass is 10.1. The lowest BCUT2D eigenvalue weighted by molar-refractivity contribution is -0.113. The van der Waals surface area contributed by atoms with Gasteiger partial charge in [-0.1, -0.05) is 0 Å². The SMILES string of the molecule is CC(C)(C)NC(=O)c1ccc2c(c1)NC(=O)CS2. The molecule has 0 saturated heterocycles. The minimum absolute atomic E-state index is 0.0270. The summed E-state index contributed by atoms with van der Waals surface area (Å²) in [6, 6.07) is 5.38. The molecule has 0 fully saturated rings. The molecule has 4 nitrogen and oxygen atoms in total. The minimum Gasteiger partial charge on any atom is -0.347 e. The molecule has 0 spiro atoms. The van der Waals surface area contributed by atoms with E-state index in [9.17, 15) is 9.59 Å². The molecule has 0 unspecified atom stereocenters. The molecular weight excluding hydrogens is 248 g/mol. The van der Waals surface area contributed by atoms with Gasteiger partial charge in [0.15, 0.2) is 0 Å². The maximum absolute atomic E-state index is 12.0. The summed E-state index contributed by atoms with van der Waals surface area (Å²) in [6.07, 6.45) is 0. The van der Waals surface area contributed by atoms with Gasteiger partial charge in [0, 0.05) is 16.0 Å². The van der Waals surface area contributed by atoms with E-state index in [0.29, 0.717) is 11.3 Å². The molecule has 0 atom stereocenters. The maximum Gasteiger partial charge on any atom is 0.251 e. The third kappa shape index (κ3) is 3.04. The smallest absolute Gasteiger partial charge is 0.251 e. The van der Waals surface area contributed by atoms with Crippen LogP contribution in [0.15, 0.2) is 23.1 Å². The van der Waals surface area contributed by atoms with E-state index in [-0.39, 0.29) is 17.4 Å². The summed E-state index contributed by atoms with van der Waals surface area (Å²) in [5.74, 6) is 0.275. The van der Waals surface area contributed by atoms with E-state index in [2.05, 4.69) is 10.6 Å². The number of nitrogens with one attached hydrogen (secondary N) is 2. The zero-order valence-electron chi connectivity index (χ0n) is 10.7. The van der Waals surface area contributed by atoms with Gasteiger partial charge < -0.3 is 10.6 Å². The van der Waals surface area contributed by atoms with Crippen LogP contribution < -0.4 is 10.6 Å². The number of hydrogen-bond donors (Lipinski definition) is 2. The van der Waals surface area contributed by atoms with Crippen molar-refractivity contribution in [1.82, 2.24) is 5.32 Å². The Balaban J connectivity index is 2.23. The number of hydrogen-bond acceptors (Lipinski definition) is 3. The molecule has 1 aliphatic rings. The first-order valence-corrected chi connectivity index (χ1v) is 6.73. The molecule has 1 aromatic carbocycles. The molecule has 1 aromatic rings. The van der Waals surface area contributed by atoms with Crippen molar-refractivity contribution in [2.24, 2.45) is 0 Å². The summed E-state index contributed by atoms with van der Waals surface area (Å²) in [6.45, 7) is 5.79. The van der Waals surface area contributed by atoms with Gasteiger partial charge in [-0.25, -0.2) is 0 Å². The first-order valence-electron chi connectivity index (χ1n) is 5.74. The Labute approximate surface area is 111 Å². The highest BCUT2D eigenvalue weighted by Gasteiger charge is 2.19. The molecule has 2 rings (SSSR count). The van der Waals surface area contributed by atoms with Crippen molar-refractivity contribution in [2.45, 2.75) is 31.2 Å². The summed E-state index contributed by atoms with van der Waals surface area (Å²) in [5.41, 5.74) is 1.01. The number of rotatable bonds is 1. The number of amides is 2. The van der Waals surface area contributed by atoms with Gasteiger partial charge in [-0.15, -0.1) is 11.8 Å². The van der Waals surface area contributed by atoms with Crippen molar-refractivity contribution in [3.05, 3.63) is 23.8 Å². The molecule has 5 heteroatoms. The first-order chi connectivity index (χ1) is 8.35. The van der Waals surface area contributed by atoms with Crippen molar-refractivity contribution in [1.29, 1.82) is 0 Å². The van der Waals surface area contributed by atoms with E-state index in [1.54, 1.807) is 12.1 Å². The second kappa shape index (κ2) is 4.65. The van der Waals surface area contributed by atoms with Gasteiger partial charge in [-0.3, -0.25) is 9.59 Å². The number of carbonyl (C=O) groups is 2. The lowest BCUT2D eigenvalue weighted by Crippen LogP contribution is -2.40. The van der Waals surface area contributed by atoms with Crippen molar-refractivity contribution >= 4 is 29.3 Å². The van der Waals surface area contributed by atoms with Crippen LogP contribution in [0.1, 0.15) is 31.1 Å². The van der Waals surface area contributed by atoms with E-state index < -0.39 is 0 Å². The Bertz CT molecular complexity index is 506. The predicted molar refractivity (Wildman–Crippen MR) is 73.0 cm³/mol. The van der Waals surface area contributed by atoms with E-state index in [4.69, 9.17) is 0 Å². The molecule has 2 amide bonds. The molecule has 0 radical (unpaired) electrons. The Kier molecular flexibility index (Phi) is 3.34. The zero-order chi connectivity index (χ0) is 13.3. The molecule has 0 bridgehead atoms. The van der Waals surface area contributed by atoms with Crippen LogP contribution in [0, 0.1) is 0 Å². The number of benzene rings is 1. The van der Waals surface area contributed by atoms with Gasteiger partial charge in [0.25, 0.3) is 5.91 Å². The third-order valence-corrected chi connectivity index (χ3v) is 3.44. The maximum atomic E-state index is 12.0. The number of thioether (sulfide) groups is 1. The number of fused-ring (bicyclic) bond motifs is 1. The largest absolute Gasteiger partial charge is 0.347 e. The van der Waals surface area contributed by atoms with Crippen LogP contribution in [0.2, 0.25) is 0 Å². The van der Waals surface area contributed by atoms with Crippen molar-refractivity contribution in [3.63, 3.8) is 0 Å². The Morgan fingerprint density at radius 3 is 2.78 bits per heavy atom. The molecule has 1 heterocycles.